The fourth-order valence-corrected chi connectivity index (χ4v) is 12.8. The predicted molar refractivity (Wildman–Crippen MR) is 475 cm³/mol. The minimum atomic E-state index is -0.670. The summed E-state index contributed by atoms with van der Waals surface area (Å²) < 4.78 is 71.3. The van der Waals surface area contributed by atoms with Crippen LogP contribution in [0.4, 0.5) is 9.59 Å². The Bertz CT molecular complexity index is 3790. The number of rotatable bonds is 49. The molecule has 0 amide bonds. The number of benzene rings is 7. The molecule has 0 bridgehead atoms. The van der Waals surface area contributed by atoms with Gasteiger partial charge in [0, 0.05) is 99.1 Å². The number of hydrogen-bond donors (Lipinski definition) is 0. The molecule has 666 valence electrons. The van der Waals surface area contributed by atoms with Crippen molar-refractivity contribution < 1.29 is 99.9 Å². The first-order chi connectivity index (χ1) is 58.1. The van der Waals surface area contributed by atoms with Gasteiger partial charge in [0.1, 0.15) is 41.1 Å². The Labute approximate surface area is 722 Å². The molecule has 0 heterocycles. The summed E-state index contributed by atoms with van der Waals surface area (Å²) in [7, 11) is 8.56. The Kier molecular flexibility index (Phi) is 54.1. The maximum absolute atomic E-state index is 12.0. The fraction of sp³-hybridized carbons (Fsp3) is 0.510. The number of carbonyl (C=O) groups excluding carboxylic acids is 7. The first kappa shape index (κ1) is 105. The van der Waals surface area contributed by atoms with Crippen molar-refractivity contribution in [2.24, 2.45) is 0 Å². The van der Waals surface area contributed by atoms with E-state index >= 15 is 0 Å². The van der Waals surface area contributed by atoms with E-state index in [4.69, 9.17) is 66.3 Å². The van der Waals surface area contributed by atoms with E-state index in [1.165, 1.54) is 136 Å². The summed E-state index contributed by atoms with van der Waals surface area (Å²) in [5.41, 5.74) is 8.04. The quantitative estimate of drug-likeness (QED) is 0.0113. The second-order valence-corrected chi connectivity index (χ2v) is 31.2. The molecule has 0 radical (unpaired) electrons. The second-order valence-electron chi connectivity index (χ2n) is 31.2. The smallest absolute Gasteiger partial charge is 0.497 e. The molecular formula is C100H140O21. The number of esters is 5. The van der Waals surface area contributed by atoms with E-state index in [1.807, 2.05) is 109 Å². The molecular weight excluding hydrogens is 1540 g/mol. The molecule has 21 nitrogen and oxygen atoms in total. The van der Waals surface area contributed by atoms with Crippen LogP contribution in [0.3, 0.4) is 0 Å². The van der Waals surface area contributed by atoms with Crippen LogP contribution in [0.5, 0.6) is 34.5 Å². The molecule has 7 aromatic rings. The summed E-state index contributed by atoms with van der Waals surface area (Å²) in [5.74, 6) is 1.94. The highest BCUT2D eigenvalue weighted by Crippen LogP contribution is 2.37. The lowest BCUT2D eigenvalue weighted by atomic mass is 9.78. The highest BCUT2D eigenvalue weighted by Gasteiger charge is 2.27. The zero-order valence-corrected chi connectivity index (χ0v) is 75.4. The van der Waals surface area contributed by atoms with Crippen molar-refractivity contribution >= 4 is 42.2 Å². The molecule has 7 aromatic carbocycles. The zero-order valence-electron chi connectivity index (χ0n) is 75.4. The Balaban J connectivity index is 0.000000409. The van der Waals surface area contributed by atoms with Gasteiger partial charge in [-0.3, -0.25) is 24.0 Å². The Morgan fingerprint density at radius 1 is 0.215 bits per heavy atom. The molecule has 0 aromatic heterocycles. The molecule has 7 rings (SSSR count). The van der Waals surface area contributed by atoms with Gasteiger partial charge in [0.2, 0.25) is 0 Å². The molecule has 0 saturated carbocycles. The Morgan fingerprint density at radius 3 is 0.636 bits per heavy atom. The lowest BCUT2D eigenvalue weighted by Gasteiger charge is -2.26. The molecule has 0 fully saturated rings. The first-order valence-corrected chi connectivity index (χ1v) is 42.8. The van der Waals surface area contributed by atoms with Crippen molar-refractivity contribution in [3.8, 4) is 34.5 Å². The van der Waals surface area contributed by atoms with Gasteiger partial charge in [-0.25, -0.2) is 9.59 Å². The summed E-state index contributed by atoms with van der Waals surface area (Å²) in [4.78, 5) is 78.2. The highest BCUT2D eigenvalue weighted by molar-refractivity contribution is 5.71. The van der Waals surface area contributed by atoms with E-state index in [0.717, 1.165) is 122 Å². The maximum atomic E-state index is 12.0. The lowest BCUT2D eigenvalue weighted by Crippen LogP contribution is -2.19. The number of carbonyl (C=O) groups is 7. The van der Waals surface area contributed by atoms with Gasteiger partial charge in [-0.1, -0.05) is 254 Å². The minimum Gasteiger partial charge on any atom is -0.497 e. The summed E-state index contributed by atoms with van der Waals surface area (Å²) >= 11 is 0. The second kappa shape index (κ2) is 62.2. The Hall–Kier alpha value is -9.93. The normalized spacial score (nSPS) is 10.9. The van der Waals surface area contributed by atoms with E-state index in [1.54, 1.807) is 84.1 Å². The summed E-state index contributed by atoms with van der Waals surface area (Å²) in [5, 5.41) is 0. The summed E-state index contributed by atoms with van der Waals surface area (Å²) in [6.45, 7) is 24.7. The molecule has 21 heteroatoms. The average molecular weight is 1680 g/mol. The molecule has 0 aliphatic rings. The van der Waals surface area contributed by atoms with Crippen LogP contribution in [0.1, 0.15) is 275 Å². The standard InChI is InChI=1S/2C29H40O6.C18H20O3.C13H26O3.C11H14O3/c2*1-23(30)34-26-17-13-24(14-18-26)29(2,3)25-15-19-27(20-16-25)35-28(31)33-22-12-10-8-6-5-7-9-11-21-32-4;1-13(19)21-17-11-7-15(8-12-17)18(2,3)14-5-9-16(20-4)10-6-14;1-13(14)16-12-10-8-6-4-3-5-7-9-11-15-2;1-9(12)14-8-11-5-3-10(4-6-11)7-13-2/h2*13-20H,5-12,21-22H2,1-4H3;5-12H,1-4H3;3-12H2,1-2H3;3-6H,7-8H2,1-2H3. The topological polar surface area (TPSA) is 249 Å². The van der Waals surface area contributed by atoms with Crippen LogP contribution < -0.4 is 28.4 Å². The number of ether oxygens (including phenoxy) is 14. The van der Waals surface area contributed by atoms with Gasteiger partial charge in [-0.2, -0.15) is 0 Å². The van der Waals surface area contributed by atoms with Gasteiger partial charge in [0.05, 0.1) is 33.5 Å². The Morgan fingerprint density at radius 2 is 0.421 bits per heavy atom. The molecule has 121 heavy (non-hydrogen) atoms. The molecule has 0 N–H and O–H groups in total. The van der Waals surface area contributed by atoms with E-state index in [-0.39, 0.29) is 46.1 Å². The van der Waals surface area contributed by atoms with E-state index in [2.05, 4.69) is 53.7 Å². The fourth-order valence-electron chi connectivity index (χ4n) is 12.8. The van der Waals surface area contributed by atoms with Crippen LogP contribution in [0.25, 0.3) is 0 Å². The van der Waals surface area contributed by atoms with Crippen LogP contribution in [0.2, 0.25) is 0 Å². The van der Waals surface area contributed by atoms with Crippen LogP contribution in [0.15, 0.2) is 170 Å². The van der Waals surface area contributed by atoms with Crippen molar-refractivity contribution in [3.05, 3.63) is 214 Å². The zero-order chi connectivity index (χ0) is 89.0. The van der Waals surface area contributed by atoms with E-state index in [9.17, 15) is 33.6 Å². The van der Waals surface area contributed by atoms with E-state index in [0.29, 0.717) is 61.8 Å². The molecule has 0 atom stereocenters. The molecule has 0 aliphatic carbocycles. The van der Waals surface area contributed by atoms with Crippen LogP contribution >= 0.6 is 0 Å². The van der Waals surface area contributed by atoms with Crippen molar-refractivity contribution in [1.29, 1.82) is 0 Å². The molecule has 0 spiro atoms. The van der Waals surface area contributed by atoms with Crippen molar-refractivity contribution in [2.45, 2.75) is 260 Å². The average Bonchev–Trinajstić information content (AvgIpc) is 0.817. The van der Waals surface area contributed by atoms with E-state index < -0.39 is 12.3 Å². The third kappa shape index (κ3) is 47.2. The minimum absolute atomic E-state index is 0.138. The van der Waals surface area contributed by atoms with Crippen molar-refractivity contribution in [1.82, 2.24) is 0 Å². The SMILES string of the molecule is COCCCCCCCCCCOC(=O)Oc1ccc(C(C)(C)c2ccc(OC(C)=O)cc2)cc1.COCCCCCCCCCCOC(=O)Oc1ccc(C(C)(C)c2ccc(OC(C)=O)cc2)cc1.COCCCCCCCCCCOC(C)=O.COCc1ccc(COC(C)=O)cc1.COc1ccc(C(C)(C)c2ccc(OC(C)=O)cc2)cc1. The van der Waals surface area contributed by atoms with Crippen LogP contribution in [-0.4, -0.2) is 117 Å². The third-order valence-corrected chi connectivity index (χ3v) is 20.1. The van der Waals surface area contributed by atoms with Gasteiger partial charge in [-0.15, -0.1) is 0 Å². The van der Waals surface area contributed by atoms with Crippen molar-refractivity contribution in [2.75, 3.05) is 75.2 Å². The lowest BCUT2D eigenvalue weighted by molar-refractivity contribution is -0.142. The van der Waals surface area contributed by atoms with Crippen molar-refractivity contribution in [3.63, 3.8) is 0 Å². The first-order valence-electron chi connectivity index (χ1n) is 42.8. The van der Waals surface area contributed by atoms with Gasteiger partial charge in [0.15, 0.2) is 0 Å². The summed E-state index contributed by atoms with van der Waals surface area (Å²) in [6.07, 6.45) is 26.8. The van der Waals surface area contributed by atoms with Crippen LogP contribution in [-0.2, 0) is 91.3 Å². The number of methoxy groups -OCH3 is 5. The highest BCUT2D eigenvalue weighted by atomic mass is 16.7. The van der Waals surface area contributed by atoms with Gasteiger partial charge >= 0.3 is 42.2 Å². The molecule has 0 unspecified atom stereocenters. The number of unbranched alkanes of at least 4 members (excludes halogenated alkanes) is 21. The van der Waals surface area contributed by atoms with Gasteiger partial charge in [-0.05, 0) is 156 Å². The van der Waals surface area contributed by atoms with Gasteiger partial charge < -0.3 is 66.3 Å². The summed E-state index contributed by atoms with van der Waals surface area (Å²) in [6, 6.07) is 53.3. The largest absolute Gasteiger partial charge is 0.513 e. The predicted octanol–water partition coefficient (Wildman–Crippen LogP) is 23.6. The monoisotopic (exact) mass is 1680 g/mol. The maximum Gasteiger partial charge on any atom is 0.513 e. The van der Waals surface area contributed by atoms with Gasteiger partial charge in [0.25, 0.3) is 0 Å². The molecule has 0 saturated heterocycles. The third-order valence-electron chi connectivity index (χ3n) is 20.1. The number of hydrogen-bond acceptors (Lipinski definition) is 21. The molecule has 0 aliphatic heterocycles. The van der Waals surface area contributed by atoms with Crippen LogP contribution in [0, 0.1) is 0 Å².